The smallest absolute Gasteiger partial charge is 0.188 e. The number of nitrogens with zero attached hydrogens (tertiary/aromatic N) is 4. The molecule has 6 rings (SSSR count). The van der Waals surface area contributed by atoms with Crippen LogP contribution in [0, 0.1) is 17.9 Å². The van der Waals surface area contributed by atoms with Crippen LogP contribution in [0.5, 0.6) is 0 Å². The van der Waals surface area contributed by atoms with Gasteiger partial charge in [0, 0.05) is 22.7 Å². The molecule has 0 aliphatic heterocycles. The quantitative estimate of drug-likeness (QED) is 0.285. The van der Waals surface area contributed by atoms with E-state index in [0.29, 0.717) is 11.3 Å². The molecule has 0 amide bonds. The van der Waals surface area contributed by atoms with E-state index >= 15 is 0 Å². The van der Waals surface area contributed by atoms with E-state index in [-0.39, 0.29) is 0 Å². The molecule has 0 fully saturated rings. The fourth-order valence-corrected chi connectivity index (χ4v) is 4.51. The summed E-state index contributed by atoms with van der Waals surface area (Å²) in [7, 11) is 0. The Morgan fingerprint density at radius 2 is 1.49 bits per heavy atom. The molecule has 3 heterocycles. The first kappa shape index (κ1) is 20.4. The summed E-state index contributed by atoms with van der Waals surface area (Å²) in [4.78, 5) is 16.6. The molecule has 0 aliphatic carbocycles. The minimum Gasteiger partial charge on any atom is -0.354 e. The topological polar surface area (TPSA) is 69.7 Å². The van der Waals surface area contributed by atoms with Crippen LogP contribution in [0.4, 0.5) is 5.69 Å². The molecule has 162 valence electrons. The zero-order valence-electron chi connectivity index (χ0n) is 18.5. The van der Waals surface area contributed by atoms with Gasteiger partial charge in [-0.15, -0.1) is 0 Å². The Kier molecular flexibility index (Phi) is 4.80. The Morgan fingerprint density at radius 1 is 0.743 bits per heavy atom. The molecule has 6 aromatic rings. The van der Waals surface area contributed by atoms with Crippen molar-refractivity contribution in [1.82, 2.24) is 15.0 Å². The van der Waals surface area contributed by atoms with E-state index < -0.39 is 0 Å². The summed E-state index contributed by atoms with van der Waals surface area (Å²) < 4.78 is 0. The second kappa shape index (κ2) is 8.26. The lowest BCUT2D eigenvalue weighted by Crippen LogP contribution is -1.90. The van der Waals surface area contributed by atoms with Crippen LogP contribution in [-0.2, 0) is 0 Å². The van der Waals surface area contributed by atoms with Crippen molar-refractivity contribution in [2.45, 2.75) is 0 Å². The van der Waals surface area contributed by atoms with Gasteiger partial charge in [0.15, 0.2) is 5.69 Å². The summed E-state index contributed by atoms with van der Waals surface area (Å²) in [5, 5.41) is 11.5. The van der Waals surface area contributed by atoms with Gasteiger partial charge in [0.05, 0.1) is 46.3 Å². The minimum atomic E-state index is 0.516. The third-order valence-corrected chi connectivity index (χ3v) is 6.10. The number of benzene rings is 3. The Morgan fingerprint density at radius 3 is 2.26 bits per heavy atom. The van der Waals surface area contributed by atoms with Gasteiger partial charge in [-0.3, -0.25) is 4.98 Å². The van der Waals surface area contributed by atoms with E-state index in [1.165, 1.54) is 0 Å². The van der Waals surface area contributed by atoms with Crippen LogP contribution in [0.15, 0.2) is 97.2 Å². The third-order valence-electron chi connectivity index (χ3n) is 6.10. The number of pyridine rings is 2. The first-order chi connectivity index (χ1) is 17.2. The van der Waals surface area contributed by atoms with Crippen LogP contribution >= 0.6 is 0 Å². The largest absolute Gasteiger partial charge is 0.354 e. The van der Waals surface area contributed by atoms with Crippen molar-refractivity contribution < 1.29 is 0 Å². The van der Waals surface area contributed by atoms with E-state index in [9.17, 15) is 5.26 Å². The lowest BCUT2D eigenvalue weighted by Gasteiger charge is -2.07. The Bertz CT molecular complexity index is 1800. The van der Waals surface area contributed by atoms with E-state index in [4.69, 9.17) is 11.6 Å². The van der Waals surface area contributed by atoms with Crippen molar-refractivity contribution in [1.29, 1.82) is 5.26 Å². The number of fused-ring (bicyclic) bond motifs is 3. The number of rotatable bonds is 3. The summed E-state index contributed by atoms with van der Waals surface area (Å²) >= 11 is 0. The van der Waals surface area contributed by atoms with E-state index in [1.54, 1.807) is 6.20 Å². The first-order valence-electron chi connectivity index (χ1n) is 11.1. The molecule has 0 radical (unpaired) electrons. The molecule has 3 aromatic carbocycles. The summed E-state index contributed by atoms with van der Waals surface area (Å²) in [6.07, 6.45) is 1.75. The second-order valence-corrected chi connectivity index (χ2v) is 8.20. The molecule has 0 aliphatic rings. The molecule has 0 unspecified atom stereocenters. The van der Waals surface area contributed by atoms with Crippen molar-refractivity contribution in [3.05, 3.63) is 114 Å². The molecule has 3 aromatic heterocycles. The lowest BCUT2D eigenvalue weighted by atomic mass is 9.98. The van der Waals surface area contributed by atoms with Gasteiger partial charge in [0.25, 0.3) is 0 Å². The molecule has 0 saturated carbocycles. The number of aromatic amines is 1. The van der Waals surface area contributed by atoms with E-state index in [0.717, 1.165) is 55.6 Å². The number of nitrogens with one attached hydrogen (secondary N) is 1. The summed E-state index contributed by atoms with van der Waals surface area (Å²) in [5.41, 5.74) is 7.98. The molecular formula is C30H17N5. The Balaban J connectivity index is 1.67. The number of hydrogen-bond donors (Lipinski definition) is 1. The van der Waals surface area contributed by atoms with Gasteiger partial charge in [-0.05, 0) is 59.5 Å². The van der Waals surface area contributed by atoms with E-state index in [2.05, 4.69) is 20.9 Å². The molecule has 0 saturated heterocycles. The van der Waals surface area contributed by atoms with Gasteiger partial charge >= 0.3 is 0 Å². The SMILES string of the molecule is [C-]#[N+]c1cc(-c2cccc(-c3ccccn3)n2)c2[nH]c3c(-c4ccccc4)cc(C#N)cc3c2c1. The molecular weight excluding hydrogens is 430 g/mol. The monoisotopic (exact) mass is 447 g/mol. The standard InChI is InChI=1S/C30H17N5/c1-32-21-16-24-23-15-19(18-31)14-22(20-8-3-2-4-9-20)29(23)35-30(24)25(17-21)26-11-7-12-28(34-26)27-10-5-6-13-33-27/h2-17,35H. The zero-order valence-corrected chi connectivity index (χ0v) is 18.5. The van der Waals surface area contributed by atoms with Crippen LogP contribution < -0.4 is 0 Å². The van der Waals surface area contributed by atoms with Gasteiger partial charge in [-0.1, -0.05) is 42.5 Å². The van der Waals surface area contributed by atoms with Crippen molar-refractivity contribution in [3.63, 3.8) is 0 Å². The maximum Gasteiger partial charge on any atom is 0.188 e. The average Bonchev–Trinajstić information content (AvgIpc) is 3.31. The predicted molar refractivity (Wildman–Crippen MR) is 139 cm³/mol. The van der Waals surface area contributed by atoms with Crippen molar-refractivity contribution in [2.75, 3.05) is 0 Å². The van der Waals surface area contributed by atoms with Crippen molar-refractivity contribution in [2.24, 2.45) is 0 Å². The second-order valence-electron chi connectivity index (χ2n) is 8.20. The highest BCUT2D eigenvalue weighted by Gasteiger charge is 2.17. The number of nitriles is 1. The Labute approximate surface area is 201 Å². The van der Waals surface area contributed by atoms with Gasteiger partial charge in [-0.25, -0.2) is 9.83 Å². The normalized spacial score (nSPS) is 10.8. The minimum absolute atomic E-state index is 0.516. The summed E-state index contributed by atoms with van der Waals surface area (Å²) in [6, 6.07) is 31.4. The van der Waals surface area contributed by atoms with Crippen LogP contribution in [0.1, 0.15) is 5.56 Å². The first-order valence-corrected chi connectivity index (χ1v) is 11.1. The number of H-pyrrole nitrogens is 1. The van der Waals surface area contributed by atoms with Gasteiger partial charge in [-0.2, -0.15) is 5.26 Å². The van der Waals surface area contributed by atoms with Crippen molar-refractivity contribution in [3.8, 4) is 39.8 Å². The molecule has 5 nitrogen and oxygen atoms in total. The van der Waals surface area contributed by atoms with Gasteiger partial charge in [0.2, 0.25) is 0 Å². The molecule has 5 heteroatoms. The maximum absolute atomic E-state index is 9.73. The van der Waals surface area contributed by atoms with Gasteiger partial charge < -0.3 is 4.98 Å². The maximum atomic E-state index is 9.73. The molecule has 0 spiro atoms. The highest BCUT2D eigenvalue weighted by molar-refractivity contribution is 6.16. The summed E-state index contributed by atoms with van der Waals surface area (Å²) in [5.74, 6) is 0. The van der Waals surface area contributed by atoms with Crippen LogP contribution in [0.25, 0.3) is 60.4 Å². The zero-order chi connectivity index (χ0) is 23.8. The fraction of sp³-hybridized carbons (Fsp3) is 0. The average molecular weight is 448 g/mol. The summed E-state index contributed by atoms with van der Waals surface area (Å²) in [6.45, 7) is 7.70. The third kappa shape index (κ3) is 3.49. The molecule has 35 heavy (non-hydrogen) atoms. The highest BCUT2D eigenvalue weighted by Crippen LogP contribution is 2.40. The molecule has 1 N–H and O–H groups in total. The van der Waals surface area contributed by atoms with E-state index in [1.807, 2.05) is 91.0 Å². The van der Waals surface area contributed by atoms with Crippen LogP contribution in [-0.4, -0.2) is 15.0 Å². The van der Waals surface area contributed by atoms with Crippen LogP contribution in [0.3, 0.4) is 0 Å². The predicted octanol–water partition coefficient (Wildman–Crippen LogP) is 7.53. The molecule has 0 atom stereocenters. The Hall–Kier alpha value is -5.26. The number of aromatic nitrogens is 3. The number of hydrogen-bond acceptors (Lipinski definition) is 3. The fourth-order valence-electron chi connectivity index (χ4n) is 4.51. The highest BCUT2D eigenvalue weighted by atomic mass is 14.8. The lowest BCUT2D eigenvalue weighted by molar-refractivity contribution is 1.25. The van der Waals surface area contributed by atoms with Crippen LogP contribution in [0.2, 0.25) is 0 Å². The van der Waals surface area contributed by atoms with Gasteiger partial charge in [0.1, 0.15) is 0 Å². The van der Waals surface area contributed by atoms with Crippen molar-refractivity contribution >= 4 is 27.5 Å². The molecule has 0 bridgehead atoms.